The van der Waals surface area contributed by atoms with Crippen LogP contribution >= 0.6 is 0 Å². The van der Waals surface area contributed by atoms with Crippen molar-refractivity contribution in [3.63, 3.8) is 0 Å². The number of methoxy groups -OCH3 is 1. The molecule has 0 aliphatic heterocycles. The number of benzene rings is 3. The first-order chi connectivity index (χ1) is 21.4. The maximum Gasteiger partial charge on any atom is 0.201 e. The van der Waals surface area contributed by atoms with Crippen LogP contribution in [-0.2, 0) is 11.2 Å². The van der Waals surface area contributed by atoms with Crippen molar-refractivity contribution in [2.75, 3.05) is 45.3 Å². The first-order valence-electron chi connectivity index (χ1n) is 15.2. The number of carbonyl (C=O) groups excluding carboxylic acids is 1. The third kappa shape index (κ3) is 7.03. The molecule has 0 spiro atoms. The van der Waals surface area contributed by atoms with Gasteiger partial charge in [-0.1, -0.05) is 42.0 Å². The van der Waals surface area contributed by atoms with Crippen molar-refractivity contribution < 1.29 is 24.0 Å². The highest BCUT2D eigenvalue weighted by Gasteiger charge is 2.36. The molecule has 1 N–H and O–H groups in total. The van der Waals surface area contributed by atoms with Crippen LogP contribution in [0.3, 0.4) is 0 Å². The SMILES string of the molecule is CCN(CCCc1ccc(C)cc1)c1ccc(C2=C(O)C(=C3C=CC(=[N+](C)CCOc4ccc(OC)cc4)C=C3)C2=O)cc1. The van der Waals surface area contributed by atoms with Gasteiger partial charge in [0.15, 0.2) is 12.3 Å². The predicted molar refractivity (Wildman–Crippen MR) is 178 cm³/mol. The van der Waals surface area contributed by atoms with E-state index in [0.29, 0.717) is 29.9 Å². The Labute approximate surface area is 260 Å². The zero-order chi connectivity index (χ0) is 31.1. The number of carbonyl (C=O) groups is 1. The monoisotopic (exact) mass is 589 g/mol. The van der Waals surface area contributed by atoms with Crippen LogP contribution in [0.4, 0.5) is 5.69 Å². The average molecular weight is 590 g/mol. The maximum atomic E-state index is 13.2. The molecule has 3 aromatic carbocycles. The van der Waals surface area contributed by atoms with E-state index in [0.717, 1.165) is 54.4 Å². The van der Waals surface area contributed by atoms with Crippen molar-refractivity contribution in [3.05, 3.63) is 131 Å². The molecule has 0 unspecified atom stereocenters. The molecular formula is C38H41N2O4+. The maximum absolute atomic E-state index is 13.2. The van der Waals surface area contributed by atoms with Gasteiger partial charge >= 0.3 is 0 Å². The largest absolute Gasteiger partial charge is 0.506 e. The van der Waals surface area contributed by atoms with E-state index in [-0.39, 0.29) is 11.5 Å². The molecular weight excluding hydrogens is 548 g/mol. The molecule has 226 valence electrons. The molecule has 0 saturated heterocycles. The number of ether oxygens (including phenoxy) is 2. The normalized spacial score (nSPS) is 14.2. The molecule has 0 aromatic heterocycles. The van der Waals surface area contributed by atoms with E-state index < -0.39 is 0 Å². The van der Waals surface area contributed by atoms with E-state index in [1.54, 1.807) is 7.11 Å². The molecule has 6 nitrogen and oxygen atoms in total. The van der Waals surface area contributed by atoms with Gasteiger partial charge in [0, 0.05) is 30.9 Å². The number of aliphatic hydroxyl groups is 1. The number of Topliss-reactive ketones (excluding diaryl/α,β-unsaturated/α-hetero) is 1. The summed E-state index contributed by atoms with van der Waals surface area (Å²) < 4.78 is 13.1. The third-order valence-electron chi connectivity index (χ3n) is 8.20. The molecule has 6 heteroatoms. The Balaban J connectivity index is 1.18. The molecule has 0 saturated carbocycles. The smallest absolute Gasteiger partial charge is 0.201 e. The minimum absolute atomic E-state index is 0.0576. The Morgan fingerprint density at radius 1 is 0.841 bits per heavy atom. The van der Waals surface area contributed by atoms with Crippen LogP contribution < -0.4 is 14.4 Å². The second-order valence-electron chi connectivity index (χ2n) is 11.1. The van der Waals surface area contributed by atoms with Gasteiger partial charge in [-0.15, -0.1) is 0 Å². The fraction of sp³-hybridized carbons (Fsp3) is 0.263. The van der Waals surface area contributed by atoms with Crippen LogP contribution in [0.2, 0.25) is 0 Å². The van der Waals surface area contributed by atoms with Crippen LogP contribution in [0.15, 0.2) is 114 Å². The molecule has 0 radical (unpaired) electrons. The number of hydrogen-bond acceptors (Lipinski definition) is 5. The molecule has 2 aliphatic carbocycles. The van der Waals surface area contributed by atoms with Gasteiger partial charge in [0.25, 0.3) is 0 Å². The molecule has 5 rings (SSSR count). The van der Waals surface area contributed by atoms with Gasteiger partial charge in [-0.2, -0.15) is 0 Å². The van der Waals surface area contributed by atoms with Gasteiger partial charge in [-0.3, -0.25) is 4.79 Å². The summed E-state index contributed by atoms with van der Waals surface area (Å²) in [5, 5.41) is 10.9. The van der Waals surface area contributed by atoms with Crippen molar-refractivity contribution in [1.29, 1.82) is 0 Å². The molecule has 2 aliphatic rings. The van der Waals surface area contributed by atoms with Crippen LogP contribution in [-0.4, -0.2) is 61.6 Å². The molecule has 0 bridgehead atoms. The fourth-order valence-corrected chi connectivity index (χ4v) is 5.46. The Kier molecular flexibility index (Phi) is 9.80. The summed E-state index contributed by atoms with van der Waals surface area (Å²) >= 11 is 0. The van der Waals surface area contributed by atoms with Gasteiger partial charge in [-0.25, -0.2) is 4.58 Å². The summed E-state index contributed by atoms with van der Waals surface area (Å²) in [5.74, 6) is 1.51. The lowest BCUT2D eigenvalue weighted by atomic mass is 9.80. The molecule has 0 atom stereocenters. The van der Waals surface area contributed by atoms with E-state index in [4.69, 9.17) is 9.47 Å². The number of allylic oxidation sites excluding steroid dienone is 7. The van der Waals surface area contributed by atoms with Crippen LogP contribution in [0.1, 0.15) is 30.0 Å². The van der Waals surface area contributed by atoms with Crippen molar-refractivity contribution in [3.8, 4) is 11.5 Å². The summed E-state index contributed by atoms with van der Waals surface area (Å²) in [6.07, 6.45) is 9.79. The highest BCUT2D eigenvalue weighted by atomic mass is 16.5. The Morgan fingerprint density at radius 2 is 1.50 bits per heavy atom. The van der Waals surface area contributed by atoms with Gasteiger partial charge in [0.05, 0.1) is 18.3 Å². The summed E-state index contributed by atoms with van der Waals surface area (Å²) in [6, 6.07) is 24.2. The van der Waals surface area contributed by atoms with Gasteiger partial charge in [0.1, 0.15) is 30.9 Å². The molecule has 3 aromatic rings. The molecule has 0 fully saturated rings. The van der Waals surface area contributed by atoms with E-state index >= 15 is 0 Å². The second-order valence-corrected chi connectivity index (χ2v) is 11.1. The van der Waals surface area contributed by atoms with E-state index in [2.05, 4.69) is 47.6 Å². The lowest BCUT2D eigenvalue weighted by Gasteiger charge is -2.26. The molecule has 0 heterocycles. The van der Waals surface area contributed by atoms with E-state index in [9.17, 15) is 9.90 Å². The number of rotatable bonds is 12. The quantitative estimate of drug-likeness (QED) is 0.184. The Bertz CT molecular complexity index is 1620. The summed E-state index contributed by atoms with van der Waals surface area (Å²) in [7, 11) is 3.64. The summed E-state index contributed by atoms with van der Waals surface area (Å²) in [5.41, 5.74) is 6.96. The summed E-state index contributed by atoms with van der Waals surface area (Å²) in [4.78, 5) is 15.5. The fourth-order valence-electron chi connectivity index (χ4n) is 5.46. The zero-order valence-electron chi connectivity index (χ0n) is 26.0. The van der Waals surface area contributed by atoms with Gasteiger partial charge < -0.3 is 19.5 Å². The average Bonchev–Trinajstić information content (AvgIpc) is 3.05. The van der Waals surface area contributed by atoms with Crippen LogP contribution in [0, 0.1) is 6.92 Å². The minimum Gasteiger partial charge on any atom is -0.506 e. The Morgan fingerprint density at radius 3 is 2.11 bits per heavy atom. The third-order valence-corrected chi connectivity index (χ3v) is 8.20. The highest BCUT2D eigenvalue weighted by molar-refractivity contribution is 6.39. The minimum atomic E-state index is -0.130. The van der Waals surface area contributed by atoms with Crippen molar-refractivity contribution >= 4 is 22.8 Å². The number of anilines is 1. The lowest BCUT2D eigenvalue weighted by molar-refractivity contribution is -0.497. The number of hydrogen-bond donors (Lipinski definition) is 1. The van der Waals surface area contributed by atoms with Crippen LogP contribution in [0.25, 0.3) is 5.57 Å². The summed E-state index contributed by atoms with van der Waals surface area (Å²) in [6.45, 7) is 7.33. The van der Waals surface area contributed by atoms with Crippen molar-refractivity contribution in [2.24, 2.45) is 0 Å². The van der Waals surface area contributed by atoms with Crippen LogP contribution in [0.5, 0.6) is 11.5 Å². The number of aryl methyl sites for hydroxylation is 2. The number of nitrogens with zero attached hydrogens (tertiary/aromatic N) is 2. The van der Waals surface area contributed by atoms with Gasteiger partial charge in [0.2, 0.25) is 5.78 Å². The molecule has 0 amide bonds. The van der Waals surface area contributed by atoms with Gasteiger partial charge in [-0.05, 0) is 91.9 Å². The van der Waals surface area contributed by atoms with Crippen molar-refractivity contribution in [1.82, 2.24) is 0 Å². The topological polar surface area (TPSA) is 62.0 Å². The number of aliphatic hydroxyl groups excluding tert-OH is 1. The second kappa shape index (κ2) is 14.1. The Hall–Kier alpha value is -4.84. The zero-order valence-corrected chi connectivity index (χ0v) is 26.0. The highest BCUT2D eigenvalue weighted by Crippen LogP contribution is 2.39. The number of likely N-dealkylation sites (N-methyl/N-ethyl adjacent to an activating group) is 1. The standard InChI is InChI=1S/C38H40N2O4/c1-5-40(24-6-7-28-10-8-27(2)9-11-28)32-18-14-30(15-19-32)36-37(41)35(38(36)42)29-12-16-31(17-13-29)39(3)25-26-44-34-22-20-33(43-4)21-23-34/h8-23H,5-7,24-26H2,1-4H3/p+1. The first-order valence-corrected chi connectivity index (χ1v) is 15.2. The van der Waals surface area contributed by atoms with E-state index in [1.807, 2.05) is 79.9 Å². The van der Waals surface area contributed by atoms with Crippen molar-refractivity contribution in [2.45, 2.75) is 26.7 Å². The first kappa shape index (κ1) is 30.6. The van der Waals surface area contributed by atoms with E-state index in [1.165, 1.54) is 11.1 Å². The lowest BCUT2D eigenvalue weighted by Crippen LogP contribution is -2.25. The molecule has 44 heavy (non-hydrogen) atoms. The predicted octanol–water partition coefficient (Wildman–Crippen LogP) is 6.90. The number of ketones is 1.